The topological polar surface area (TPSA) is 197 Å². The third-order valence-electron chi connectivity index (χ3n) is 15.5. The van der Waals surface area contributed by atoms with Crippen LogP contribution in [0.5, 0.6) is 17.4 Å². The molecule has 3 aliphatic heterocycles. The molecule has 0 bridgehead atoms. The quantitative estimate of drug-likeness (QED) is 0.0612. The molecular formula is C54H61F2N9O8S. The second-order valence-electron chi connectivity index (χ2n) is 20.5. The van der Waals surface area contributed by atoms with E-state index < -0.39 is 48.5 Å². The van der Waals surface area contributed by atoms with Gasteiger partial charge in [-0.05, 0) is 84.0 Å². The van der Waals surface area contributed by atoms with Gasteiger partial charge in [0.15, 0.2) is 0 Å². The number of aromatic nitrogens is 3. The molecule has 10 rings (SSSR count). The standard InChI is InChI=1S/C54H61F2N9O8S/c1-35(2)41-6-4-5-7-42(41)48-33-62(32-36-8-11-50(71-3)58-30-36)20-21-64(48)38-28-53(29-38)13-18-63(19-14-53)46-27-49(73-39-24-37-12-17-57-51(37)59-31-39)43(26-44(46)55)52(66)61-74(69,70)40-9-10-45(47(25-40)65(67)68)60-34-54(56)15-22-72-23-16-54/h4-12,17,24-27,30-31,35,38,48,60H,13-16,18-23,28-29,32-34H2,1-3H3,(H,57,59)(H,61,66). The van der Waals surface area contributed by atoms with Gasteiger partial charge in [-0.1, -0.05) is 44.2 Å². The highest BCUT2D eigenvalue weighted by Crippen LogP contribution is 2.54. The third kappa shape index (κ3) is 10.8. The van der Waals surface area contributed by atoms with Gasteiger partial charge < -0.3 is 29.4 Å². The predicted molar refractivity (Wildman–Crippen MR) is 276 cm³/mol. The largest absolute Gasteiger partial charge is 0.481 e. The van der Waals surface area contributed by atoms with Gasteiger partial charge in [-0.3, -0.25) is 24.7 Å². The molecule has 1 amide bonds. The number of hydrogen-bond donors (Lipinski definition) is 3. The maximum absolute atomic E-state index is 16.6. The normalized spacial score (nSPS) is 19.3. The van der Waals surface area contributed by atoms with Crippen LogP contribution in [0.25, 0.3) is 11.0 Å². The molecule has 74 heavy (non-hydrogen) atoms. The molecule has 1 unspecified atom stereocenters. The fourth-order valence-corrected chi connectivity index (χ4v) is 12.3. The highest BCUT2D eigenvalue weighted by molar-refractivity contribution is 7.90. The van der Waals surface area contributed by atoms with Gasteiger partial charge in [0, 0.05) is 120 Å². The van der Waals surface area contributed by atoms with Crippen molar-refractivity contribution in [1.82, 2.24) is 29.5 Å². The number of hydrogen-bond acceptors (Lipinski definition) is 14. The van der Waals surface area contributed by atoms with E-state index in [4.69, 9.17) is 14.2 Å². The summed E-state index contributed by atoms with van der Waals surface area (Å²) in [5.74, 6) is -0.922. The van der Waals surface area contributed by atoms with Crippen molar-refractivity contribution >= 4 is 44.0 Å². The van der Waals surface area contributed by atoms with Crippen LogP contribution in [0.3, 0.4) is 0 Å². The number of halogens is 2. The lowest BCUT2D eigenvalue weighted by Crippen LogP contribution is -2.60. The lowest BCUT2D eigenvalue weighted by Gasteiger charge is -2.58. The van der Waals surface area contributed by atoms with E-state index in [2.05, 4.69) is 74.2 Å². The van der Waals surface area contributed by atoms with E-state index in [9.17, 15) is 23.3 Å². The summed E-state index contributed by atoms with van der Waals surface area (Å²) in [6.45, 7) is 9.29. The van der Waals surface area contributed by atoms with E-state index in [1.54, 1.807) is 25.4 Å². The van der Waals surface area contributed by atoms with E-state index >= 15 is 8.78 Å². The number of H-pyrrole nitrogens is 1. The third-order valence-corrected chi connectivity index (χ3v) is 16.8. The van der Waals surface area contributed by atoms with Crippen molar-refractivity contribution in [2.24, 2.45) is 5.41 Å². The number of fused-ring (bicyclic) bond motifs is 1. The number of piperidine rings is 1. The number of ether oxygens (including phenoxy) is 3. The summed E-state index contributed by atoms with van der Waals surface area (Å²) < 4.78 is 78.2. The van der Waals surface area contributed by atoms with Crippen LogP contribution in [-0.4, -0.2) is 115 Å². The fraction of sp³-hybridized carbons (Fsp3) is 0.426. The summed E-state index contributed by atoms with van der Waals surface area (Å²) in [4.78, 5) is 43.8. The van der Waals surface area contributed by atoms with Crippen LogP contribution in [0.1, 0.15) is 91.4 Å². The molecule has 4 aliphatic rings. The molecule has 3 aromatic carbocycles. The second-order valence-corrected chi connectivity index (χ2v) is 22.2. The van der Waals surface area contributed by atoms with E-state index in [-0.39, 0.29) is 66.9 Å². The van der Waals surface area contributed by atoms with Crippen molar-refractivity contribution in [2.75, 3.05) is 69.8 Å². The van der Waals surface area contributed by atoms with Gasteiger partial charge in [0.25, 0.3) is 21.6 Å². The van der Waals surface area contributed by atoms with Gasteiger partial charge in [-0.2, -0.15) is 0 Å². The molecule has 3 N–H and O–H groups in total. The summed E-state index contributed by atoms with van der Waals surface area (Å²) in [5, 5.41) is 15.6. The fourth-order valence-electron chi connectivity index (χ4n) is 11.3. The lowest BCUT2D eigenvalue weighted by molar-refractivity contribution is -0.384. The number of carbonyl (C=O) groups excluding carboxylic acids is 1. The summed E-state index contributed by atoms with van der Waals surface area (Å²) in [5.41, 5.74) is 1.91. The number of nitrogens with zero attached hydrogens (tertiary/aromatic N) is 6. The molecule has 3 saturated heterocycles. The number of aromatic amines is 1. The Hall–Kier alpha value is -6.74. The molecule has 20 heteroatoms. The molecular weight excluding hydrogens is 973 g/mol. The van der Waals surface area contributed by atoms with Crippen molar-refractivity contribution in [3.8, 4) is 17.4 Å². The first-order valence-corrected chi connectivity index (χ1v) is 26.7. The molecule has 17 nitrogen and oxygen atoms in total. The molecule has 1 aliphatic carbocycles. The van der Waals surface area contributed by atoms with E-state index in [1.807, 2.05) is 21.9 Å². The van der Waals surface area contributed by atoms with Crippen molar-refractivity contribution in [1.29, 1.82) is 0 Å². The molecule has 1 spiro atoms. The van der Waals surface area contributed by atoms with Crippen LogP contribution in [0, 0.1) is 21.3 Å². The molecule has 6 heterocycles. The van der Waals surface area contributed by atoms with Crippen LogP contribution in [0.15, 0.2) is 102 Å². The summed E-state index contributed by atoms with van der Waals surface area (Å²) in [6, 6.07) is 22.2. The summed E-state index contributed by atoms with van der Waals surface area (Å²) >= 11 is 0. The number of nitro benzene ring substituents is 1. The van der Waals surface area contributed by atoms with Crippen LogP contribution < -0.4 is 24.4 Å². The minimum atomic E-state index is -4.79. The first-order chi connectivity index (χ1) is 35.6. The zero-order valence-electron chi connectivity index (χ0n) is 41.7. The van der Waals surface area contributed by atoms with Crippen LogP contribution in [-0.2, 0) is 21.3 Å². The van der Waals surface area contributed by atoms with Crippen molar-refractivity contribution in [3.63, 3.8) is 0 Å². The Morgan fingerprint density at radius 1 is 0.973 bits per heavy atom. The van der Waals surface area contributed by atoms with Gasteiger partial charge in [0.2, 0.25) is 5.88 Å². The number of rotatable bonds is 16. The first-order valence-electron chi connectivity index (χ1n) is 25.2. The van der Waals surface area contributed by atoms with E-state index in [1.165, 1.54) is 23.4 Å². The van der Waals surface area contributed by atoms with Gasteiger partial charge >= 0.3 is 0 Å². The highest BCUT2D eigenvalue weighted by Gasteiger charge is 2.50. The number of alkyl halides is 1. The molecule has 4 fully saturated rings. The number of carbonyl (C=O) groups is 1. The number of benzene rings is 3. The van der Waals surface area contributed by atoms with Crippen molar-refractivity contribution < 1.29 is 41.1 Å². The summed E-state index contributed by atoms with van der Waals surface area (Å²) in [6.07, 6.45) is 8.93. The molecule has 1 atom stereocenters. The van der Waals surface area contributed by atoms with Gasteiger partial charge in [-0.15, -0.1) is 0 Å². The Morgan fingerprint density at radius 2 is 1.76 bits per heavy atom. The Bertz CT molecular complexity index is 3140. The molecule has 3 aromatic heterocycles. The van der Waals surface area contributed by atoms with Gasteiger partial charge in [0.05, 0.1) is 34.4 Å². The van der Waals surface area contributed by atoms with E-state index in [0.29, 0.717) is 42.0 Å². The maximum Gasteiger partial charge on any atom is 0.293 e. The Kier molecular flexibility index (Phi) is 14.3. The van der Waals surface area contributed by atoms with Crippen LogP contribution in [0.4, 0.5) is 25.8 Å². The zero-order chi connectivity index (χ0) is 51.8. The molecule has 1 saturated carbocycles. The molecule has 6 aromatic rings. The average molecular weight is 1030 g/mol. The monoisotopic (exact) mass is 1030 g/mol. The molecule has 0 radical (unpaired) electrons. The Balaban J connectivity index is 0.851. The maximum atomic E-state index is 16.6. The van der Waals surface area contributed by atoms with Crippen molar-refractivity contribution in [2.45, 2.75) is 87.5 Å². The average Bonchev–Trinajstić information content (AvgIpc) is 3.86. The highest BCUT2D eigenvalue weighted by atomic mass is 32.2. The number of piperazine rings is 1. The molecule has 390 valence electrons. The smallest absolute Gasteiger partial charge is 0.293 e. The van der Waals surface area contributed by atoms with Crippen LogP contribution >= 0.6 is 0 Å². The van der Waals surface area contributed by atoms with Crippen LogP contribution in [0.2, 0.25) is 0 Å². The Morgan fingerprint density at radius 3 is 2.49 bits per heavy atom. The SMILES string of the molecule is COc1ccc(CN2CCN(C3CC4(CCN(c5cc(Oc6cnc7[nH]ccc7c6)c(C(=O)NS(=O)(=O)c6ccc(NCC7(F)CCOCC7)c([N+](=O)[O-])c6)cc5F)CC4)C3)C(c3ccccc3C(C)C)C2)cn1. The predicted octanol–water partition coefficient (Wildman–Crippen LogP) is 9.29. The second kappa shape index (κ2) is 20.9. The first kappa shape index (κ1) is 50.8. The lowest BCUT2D eigenvalue weighted by atomic mass is 9.59. The zero-order valence-corrected chi connectivity index (χ0v) is 42.5. The summed E-state index contributed by atoms with van der Waals surface area (Å²) in [7, 11) is -3.17. The number of nitro groups is 1. The number of anilines is 2. The minimum Gasteiger partial charge on any atom is -0.481 e. The number of pyridine rings is 2. The van der Waals surface area contributed by atoms with Crippen molar-refractivity contribution in [3.05, 3.63) is 136 Å². The number of nitrogens with one attached hydrogen (secondary N) is 3. The number of sulfonamides is 1. The number of methoxy groups -OCH3 is 1. The Labute approximate surface area is 428 Å². The van der Waals surface area contributed by atoms with Gasteiger partial charge in [-0.25, -0.2) is 31.9 Å². The van der Waals surface area contributed by atoms with Gasteiger partial charge in [0.1, 0.15) is 34.3 Å². The minimum absolute atomic E-state index is 0.0837. The van der Waals surface area contributed by atoms with E-state index in [0.717, 1.165) is 81.7 Å². The number of amides is 1.